The lowest BCUT2D eigenvalue weighted by atomic mass is 10.2. The summed E-state index contributed by atoms with van der Waals surface area (Å²) in [6.45, 7) is 5.48. The van der Waals surface area contributed by atoms with Crippen LogP contribution in [0.25, 0.3) is 0 Å². The largest absolute Gasteiger partial charge is 0.381 e. The Morgan fingerprint density at radius 1 is 1.54 bits per heavy atom. The van der Waals surface area contributed by atoms with Gasteiger partial charge in [0.15, 0.2) is 0 Å². The molecule has 1 atom stereocenters. The van der Waals surface area contributed by atoms with Crippen molar-refractivity contribution < 1.29 is 9.53 Å². The number of carbonyl (C=O) groups excluding carboxylic acids is 1. The molecule has 0 aliphatic rings. The molecule has 0 aromatic carbocycles. The van der Waals surface area contributed by atoms with Crippen LogP contribution in [0.1, 0.15) is 20.3 Å². The second kappa shape index (κ2) is 6.86. The van der Waals surface area contributed by atoms with Gasteiger partial charge in [-0.15, -0.1) is 0 Å². The van der Waals surface area contributed by atoms with E-state index in [-0.39, 0.29) is 11.9 Å². The molecule has 0 aliphatic heterocycles. The first kappa shape index (κ1) is 12.4. The van der Waals surface area contributed by atoms with E-state index in [4.69, 9.17) is 10.5 Å². The minimum atomic E-state index is -0.323. The smallest absolute Gasteiger partial charge is 0.234 e. The van der Waals surface area contributed by atoms with Crippen LogP contribution in [0.5, 0.6) is 0 Å². The molecule has 0 fully saturated rings. The van der Waals surface area contributed by atoms with Crippen LogP contribution in [0.15, 0.2) is 0 Å². The molecule has 0 aromatic rings. The predicted octanol–water partition coefficient (Wildman–Crippen LogP) is 0.122. The van der Waals surface area contributed by atoms with Crippen LogP contribution in [0.3, 0.4) is 0 Å². The van der Waals surface area contributed by atoms with E-state index >= 15 is 0 Å². The second-order valence-electron chi connectivity index (χ2n) is 3.50. The third-order valence-corrected chi connectivity index (χ3v) is 1.69. The molecule has 0 aromatic heterocycles. The van der Waals surface area contributed by atoms with Crippen LogP contribution in [0, 0.1) is 5.92 Å². The number of hydrogen-bond acceptors (Lipinski definition) is 3. The lowest BCUT2D eigenvalue weighted by molar-refractivity contribution is -0.120. The van der Waals surface area contributed by atoms with Crippen molar-refractivity contribution in [2.45, 2.75) is 26.3 Å². The van der Waals surface area contributed by atoms with Crippen LogP contribution in [0.4, 0.5) is 0 Å². The molecule has 3 N–H and O–H groups in total. The Labute approximate surface area is 79.8 Å². The van der Waals surface area contributed by atoms with Crippen molar-refractivity contribution in [1.82, 2.24) is 5.32 Å². The zero-order valence-electron chi connectivity index (χ0n) is 8.67. The summed E-state index contributed by atoms with van der Waals surface area (Å²) in [7, 11) is 1.72. The maximum absolute atomic E-state index is 10.8. The highest BCUT2D eigenvalue weighted by atomic mass is 16.5. The topological polar surface area (TPSA) is 64.3 Å². The van der Waals surface area contributed by atoms with Gasteiger partial charge in [-0.1, -0.05) is 13.8 Å². The Bertz CT molecular complexity index is 149. The standard InChI is InChI=1S/C9H20N2O2/c1-7(2)6-13-5-4-8(11-3)9(10)12/h7-8,11H,4-6H2,1-3H3,(H2,10,12). The summed E-state index contributed by atoms with van der Waals surface area (Å²) in [5, 5.41) is 2.84. The predicted molar refractivity (Wildman–Crippen MR) is 52.3 cm³/mol. The lowest BCUT2D eigenvalue weighted by Gasteiger charge is -2.12. The normalized spacial score (nSPS) is 13.2. The average Bonchev–Trinajstić information content (AvgIpc) is 2.03. The molecule has 0 saturated heterocycles. The molecule has 4 heteroatoms. The molecular weight excluding hydrogens is 168 g/mol. The van der Waals surface area contributed by atoms with Gasteiger partial charge in [0.2, 0.25) is 5.91 Å². The summed E-state index contributed by atoms with van der Waals surface area (Å²) in [6, 6.07) is -0.271. The van der Waals surface area contributed by atoms with Gasteiger partial charge in [-0.25, -0.2) is 0 Å². The Balaban J connectivity index is 3.44. The fourth-order valence-electron chi connectivity index (χ4n) is 0.949. The minimum Gasteiger partial charge on any atom is -0.381 e. The van der Waals surface area contributed by atoms with Crippen molar-refractivity contribution in [3.63, 3.8) is 0 Å². The second-order valence-corrected chi connectivity index (χ2v) is 3.50. The molecule has 78 valence electrons. The number of nitrogens with one attached hydrogen (secondary N) is 1. The molecule has 0 bridgehead atoms. The molecule has 0 rings (SSSR count). The SMILES string of the molecule is CNC(CCOCC(C)C)C(N)=O. The van der Waals surface area contributed by atoms with Gasteiger partial charge in [0.25, 0.3) is 0 Å². The molecule has 0 radical (unpaired) electrons. The quantitative estimate of drug-likeness (QED) is 0.558. The highest BCUT2D eigenvalue weighted by Gasteiger charge is 2.11. The first-order valence-corrected chi connectivity index (χ1v) is 4.62. The molecule has 0 heterocycles. The first-order chi connectivity index (χ1) is 6.07. The minimum absolute atomic E-state index is 0.271. The van der Waals surface area contributed by atoms with Gasteiger partial charge in [0, 0.05) is 13.2 Å². The van der Waals surface area contributed by atoms with Crippen LogP contribution in [-0.4, -0.2) is 32.2 Å². The summed E-state index contributed by atoms with van der Waals surface area (Å²) in [5.41, 5.74) is 5.13. The number of likely N-dealkylation sites (N-methyl/N-ethyl adjacent to an activating group) is 1. The van der Waals surface area contributed by atoms with Crippen molar-refractivity contribution in [2.24, 2.45) is 11.7 Å². The maximum atomic E-state index is 10.8. The summed E-state index contributed by atoms with van der Waals surface area (Å²) >= 11 is 0. The fraction of sp³-hybridized carbons (Fsp3) is 0.889. The Morgan fingerprint density at radius 3 is 2.54 bits per heavy atom. The van der Waals surface area contributed by atoms with E-state index in [0.29, 0.717) is 18.9 Å². The van der Waals surface area contributed by atoms with Crippen LogP contribution < -0.4 is 11.1 Å². The average molecular weight is 188 g/mol. The third-order valence-electron chi connectivity index (χ3n) is 1.69. The van der Waals surface area contributed by atoms with E-state index in [1.165, 1.54) is 0 Å². The summed E-state index contributed by atoms with van der Waals surface area (Å²) < 4.78 is 5.33. The number of carbonyl (C=O) groups is 1. The van der Waals surface area contributed by atoms with E-state index in [9.17, 15) is 4.79 Å². The van der Waals surface area contributed by atoms with Gasteiger partial charge in [0.05, 0.1) is 6.04 Å². The molecule has 0 aliphatic carbocycles. The van der Waals surface area contributed by atoms with Crippen molar-refractivity contribution in [3.05, 3.63) is 0 Å². The van der Waals surface area contributed by atoms with E-state index in [2.05, 4.69) is 19.2 Å². The van der Waals surface area contributed by atoms with Gasteiger partial charge in [-0.3, -0.25) is 4.79 Å². The molecule has 1 unspecified atom stereocenters. The van der Waals surface area contributed by atoms with Gasteiger partial charge in [-0.05, 0) is 19.4 Å². The van der Waals surface area contributed by atoms with Gasteiger partial charge in [0.1, 0.15) is 0 Å². The number of primary amides is 1. The zero-order valence-corrected chi connectivity index (χ0v) is 8.67. The summed E-state index contributed by atoms with van der Waals surface area (Å²) in [6.07, 6.45) is 0.637. The fourth-order valence-corrected chi connectivity index (χ4v) is 0.949. The number of hydrogen-bond donors (Lipinski definition) is 2. The highest BCUT2D eigenvalue weighted by molar-refractivity contribution is 5.79. The molecule has 0 saturated carbocycles. The van der Waals surface area contributed by atoms with Crippen LogP contribution in [0.2, 0.25) is 0 Å². The number of amides is 1. The van der Waals surface area contributed by atoms with Crippen LogP contribution in [-0.2, 0) is 9.53 Å². The summed E-state index contributed by atoms with van der Waals surface area (Å²) in [5.74, 6) is 0.206. The number of ether oxygens (including phenoxy) is 1. The van der Waals surface area contributed by atoms with E-state index in [1.54, 1.807) is 7.05 Å². The first-order valence-electron chi connectivity index (χ1n) is 4.62. The van der Waals surface area contributed by atoms with Gasteiger partial charge < -0.3 is 15.8 Å². The molecule has 13 heavy (non-hydrogen) atoms. The number of rotatable bonds is 7. The Hall–Kier alpha value is -0.610. The van der Waals surface area contributed by atoms with E-state index < -0.39 is 0 Å². The van der Waals surface area contributed by atoms with Crippen molar-refractivity contribution in [2.75, 3.05) is 20.3 Å². The Kier molecular flexibility index (Phi) is 6.54. The molecule has 1 amide bonds. The van der Waals surface area contributed by atoms with E-state index in [0.717, 1.165) is 6.61 Å². The van der Waals surface area contributed by atoms with Gasteiger partial charge in [-0.2, -0.15) is 0 Å². The van der Waals surface area contributed by atoms with Crippen molar-refractivity contribution >= 4 is 5.91 Å². The van der Waals surface area contributed by atoms with Gasteiger partial charge >= 0.3 is 0 Å². The summed E-state index contributed by atoms with van der Waals surface area (Å²) in [4.78, 5) is 10.8. The lowest BCUT2D eigenvalue weighted by Crippen LogP contribution is -2.39. The Morgan fingerprint density at radius 2 is 2.15 bits per heavy atom. The molecule has 0 spiro atoms. The van der Waals surface area contributed by atoms with Crippen molar-refractivity contribution in [3.8, 4) is 0 Å². The van der Waals surface area contributed by atoms with E-state index in [1.807, 2.05) is 0 Å². The molecule has 4 nitrogen and oxygen atoms in total. The molecular formula is C9H20N2O2. The van der Waals surface area contributed by atoms with Crippen molar-refractivity contribution in [1.29, 1.82) is 0 Å². The number of nitrogens with two attached hydrogens (primary N) is 1. The van der Waals surface area contributed by atoms with Crippen LogP contribution >= 0.6 is 0 Å². The highest BCUT2D eigenvalue weighted by Crippen LogP contribution is 1.96. The third kappa shape index (κ3) is 6.54. The maximum Gasteiger partial charge on any atom is 0.234 e. The monoisotopic (exact) mass is 188 g/mol. The zero-order chi connectivity index (χ0) is 10.3.